The Labute approximate surface area is 147 Å². The number of amides is 2. The van der Waals surface area contributed by atoms with Gasteiger partial charge in [-0.2, -0.15) is 0 Å². The van der Waals surface area contributed by atoms with Gasteiger partial charge in [0.05, 0.1) is 0 Å². The van der Waals surface area contributed by atoms with E-state index in [1.54, 1.807) is 4.90 Å². The lowest BCUT2D eigenvalue weighted by Gasteiger charge is -2.40. The lowest BCUT2D eigenvalue weighted by atomic mass is 9.72. The molecular formula is C19H23N3O3. The Kier molecular flexibility index (Phi) is 4.61. The summed E-state index contributed by atoms with van der Waals surface area (Å²) < 4.78 is 0. The average Bonchev–Trinajstić information content (AvgIpc) is 2.61. The molecule has 2 aliphatic heterocycles. The van der Waals surface area contributed by atoms with Crippen molar-refractivity contribution in [2.24, 2.45) is 5.41 Å². The first-order valence-electron chi connectivity index (χ1n) is 8.57. The van der Waals surface area contributed by atoms with Gasteiger partial charge in [-0.1, -0.05) is 30.3 Å². The van der Waals surface area contributed by atoms with Crippen LogP contribution >= 0.6 is 0 Å². The van der Waals surface area contributed by atoms with Crippen molar-refractivity contribution in [3.05, 3.63) is 47.8 Å². The fourth-order valence-corrected chi connectivity index (χ4v) is 3.47. The van der Waals surface area contributed by atoms with Crippen LogP contribution in [0.5, 0.6) is 0 Å². The van der Waals surface area contributed by atoms with Crippen LogP contribution in [0.1, 0.15) is 38.3 Å². The zero-order valence-corrected chi connectivity index (χ0v) is 14.5. The summed E-state index contributed by atoms with van der Waals surface area (Å²) in [5.74, 6) is -0.0350. The Hall–Kier alpha value is -2.63. The second-order valence-electron chi connectivity index (χ2n) is 6.74. The Morgan fingerprint density at radius 3 is 2.40 bits per heavy atom. The summed E-state index contributed by atoms with van der Waals surface area (Å²) in [7, 11) is 0. The van der Waals surface area contributed by atoms with Gasteiger partial charge in [-0.15, -0.1) is 0 Å². The van der Waals surface area contributed by atoms with Gasteiger partial charge in [-0.3, -0.25) is 14.4 Å². The zero-order valence-electron chi connectivity index (χ0n) is 14.5. The molecule has 6 heteroatoms. The van der Waals surface area contributed by atoms with E-state index in [9.17, 15) is 14.4 Å². The third-order valence-electron chi connectivity index (χ3n) is 5.16. The molecular weight excluding hydrogens is 318 g/mol. The van der Waals surface area contributed by atoms with Gasteiger partial charge in [-0.25, -0.2) is 0 Å². The Balaban J connectivity index is 1.72. The number of carbonyl (C=O) groups is 3. The smallest absolute Gasteiger partial charge is 0.239 e. The molecule has 1 aromatic carbocycles. The second kappa shape index (κ2) is 6.70. The summed E-state index contributed by atoms with van der Waals surface area (Å²) in [4.78, 5) is 38.5. The maximum Gasteiger partial charge on any atom is 0.239 e. The van der Waals surface area contributed by atoms with Crippen LogP contribution in [-0.2, 0) is 14.4 Å². The summed E-state index contributed by atoms with van der Waals surface area (Å²) in [5.41, 5.74) is 0.0350. The van der Waals surface area contributed by atoms with Crippen molar-refractivity contribution >= 4 is 17.6 Å². The third kappa shape index (κ3) is 3.29. The van der Waals surface area contributed by atoms with Gasteiger partial charge in [0.15, 0.2) is 5.78 Å². The van der Waals surface area contributed by atoms with E-state index in [0.29, 0.717) is 31.8 Å². The highest BCUT2D eigenvalue weighted by Crippen LogP contribution is 2.36. The standard InChI is InChI=1S/C19H23N3O3/c1-13(15-6-4-3-5-7-15)20-17-12-16(24)19(18(25)21-17)8-10-22(11-9-19)14(2)23/h3-7,12-13,20H,8-11H2,1-2H3,(H,21,25)/t13-/m0/s1. The molecule has 2 aliphatic rings. The van der Waals surface area contributed by atoms with Crippen molar-refractivity contribution in [2.45, 2.75) is 32.7 Å². The quantitative estimate of drug-likeness (QED) is 0.817. The predicted octanol–water partition coefficient (Wildman–Crippen LogP) is 1.51. The average molecular weight is 341 g/mol. The summed E-state index contributed by atoms with van der Waals surface area (Å²) in [6, 6.07) is 9.79. The van der Waals surface area contributed by atoms with Gasteiger partial charge >= 0.3 is 0 Å². The molecule has 132 valence electrons. The molecule has 25 heavy (non-hydrogen) atoms. The zero-order chi connectivity index (χ0) is 18.0. The minimum absolute atomic E-state index is 0.0203. The van der Waals surface area contributed by atoms with Gasteiger partial charge in [0.25, 0.3) is 0 Å². The normalized spacial score (nSPS) is 20.7. The SMILES string of the molecule is CC(=O)N1CCC2(CC1)C(=O)C=C(N[C@@H](C)c1ccccc1)NC2=O. The van der Waals surface area contributed by atoms with Crippen molar-refractivity contribution in [2.75, 3.05) is 13.1 Å². The van der Waals surface area contributed by atoms with Crippen LogP contribution in [0.3, 0.4) is 0 Å². The van der Waals surface area contributed by atoms with Crippen molar-refractivity contribution in [3.63, 3.8) is 0 Å². The van der Waals surface area contributed by atoms with Gasteiger partial charge in [0.2, 0.25) is 11.8 Å². The lowest BCUT2D eigenvalue weighted by Crippen LogP contribution is -2.56. The van der Waals surface area contributed by atoms with Crippen molar-refractivity contribution < 1.29 is 14.4 Å². The van der Waals surface area contributed by atoms with E-state index in [0.717, 1.165) is 5.56 Å². The number of likely N-dealkylation sites (tertiary alicyclic amines) is 1. The van der Waals surface area contributed by atoms with Gasteiger partial charge in [0.1, 0.15) is 11.2 Å². The fraction of sp³-hybridized carbons (Fsp3) is 0.421. The molecule has 2 amide bonds. The molecule has 1 atom stereocenters. The van der Waals surface area contributed by atoms with E-state index in [2.05, 4.69) is 10.6 Å². The van der Waals surface area contributed by atoms with Gasteiger partial charge in [0, 0.05) is 32.1 Å². The van der Waals surface area contributed by atoms with E-state index in [-0.39, 0.29) is 23.6 Å². The molecule has 0 saturated carbocycles. The first-order chi connectivity index (χ1) is 11.9. The largest absolute Gasteiger partial charge is 0.365 e. The number of benzene rings is 1. The van der Waals surface area contributed by atoms with Gasteiger partial charge in [-0.05, 0) is 25.3 Å². The van der Waals surface area contributed by atoms with Gasteiger partial charge < -0.3 is 15.5 Å². The molecule has 1 spiro atoms. The van der Waals surface area contributed by atoms with E-state index < -0.39 is 5.41 Å². The van der Waals surface area contributed by atoms with E-state index in [4.69, 9.17) is 0 Å². The fourth-order valence-electron chi connectivity index (χ4n) is 3.47. The second-order valence-corrected chi connectivity index (χ2v) is 6.74. The predicted molar refractivity (Wildman–Crippen MR) is 93.1 cm³/mol. The Morgan fingerprint density at radius 2 is 1.84 bits per heavy atom. The minimum Gasteiger partial charge on any atom is -0.365 e. The molecule has 0 radical (unpaired) electrons. The summed E-state index contributed by atoms with van der Waals surface area (Å²) in [6.07, 6.45) is 2.23. The van der Waals surface area contributed by atoms with Crippen LogP contribution in [0.15, 0.2) is 42.2 Å². The summed E-state index contributed by atoms with van der Waals surface area (Å²) in [5, 5.41) is 6.03. The topological polar surface area (TPSA) is 78.5 Å². The van der Waals surface area contributed by atoms with E-state index in [1.807, 2.05) is 37.3 Å². The maximum absolute atomic E-state index is 12.7. The molecule has 0 unspecified atom stereocenters. The third-order valence-corrected chi connectivity index (χ3v) is 5.16. The highest BCUT2D eigenvalue weighted by molar-refractivity contribution is 6.14. The molecule has 0 bridgehead atoms. The molecule has 2 heterocycles. The number of hydrogen-bond acceptors (Lipinski definition) is 4. The van der Waals surface area contributed by atoms with E-state index in [1.165, 1.54) is 13.0 Å². The highest BCUT2D eigenvalue weighted by atomic mass is 16.2. The number of nitrogens with zero attached hydrogens (tertiary/aromatic N) is 1. The summed E-state index contributed by atoms with van der Waals surface area (Å²) in [6.45, 7) is 4.35. The molecule has 3 rings (SSSR count). The summed E-state index contributed by atoms with van der Waals surface area (Å²) >= 11 is 0. The molecule has 0 aliphatic carbocycles. The van der Waals surface area contributed by atoms with Crippen molar-refractivity contribution in [1.29, 1.82) is 0 Å². The molecule has 2 N–H and O–H groups in total. The molecule has 1 fully saturated rings. The van der Waals surface area contributed by atoms with Crippen LogP contribution in [0.4, 0.5) is 0 Å². The Bertz CT molecular complexity index is 719. The number of piperidine rings is 1. The number of allylic oxidation sites excluding steroid dienone is 1. The van der Waals surface area contributed by atoms with Crippen LogP contribution in [0.2, 0.25) is 0 Å². The monoisotopic (exact) mass is 341 g/mol. The minimum atomic E-state index is -1.03. The number of nitrogens with one attached hydrogen (secondary N) is 2. The molecule has 1 saturated heterocycles. The Morgan fingerprint density at radius 1 is 1.20 bits per heavy atom. The van der Waals surface area contributed by atoms with Crippen LogP contribution < -0.4 is 10.6 Å². The first kappa shape index (κ1) is 17.2. The van der Waals surface area contributed by atoms with Crippen LogP contribution in [0.25, 0.3) is 0 Å². The molecule has 0 aromatic heterocycles. The highest BCUT2D eigenvalue weighted by Gasteiger charge is 2.49. The van der Waals surface area contributed by atoms with Crippen molar-refractivity contribution in [3.8, 4) is 0 Å². The lowest BCUT2D eigenvalue weighted by molar-refractivity contribution is -0.147. The molecule has 1 aromatic rings. The number of ketones is 1. The molecule has 6 nitrogen and oxygen atoms in total. The number of rotatable bonds is 3. The number of carbonyl (C=O) groups excluding carboxylic acids is 3. The maximum atomic E-state index is 12.7. The van der Waals surface area contributed by atoms with E-state index >= 15 is 0 Å². The van der Waals surface area contributed by atoms with Crippen LogP contribution in [0, 0.1) is 5.41 Å². The van der Waals surface area contributed by atoms with Crippen molar-refractivity contribution in [1.82, 2.24) is 15.5 Å². The number of hydrogen-bond donors (Lipinski definition) is 2. The van der Waals surface area contributed by atoms with Crippen LogP contribution in [-0.4, -0.2) is 35.6 Å². The first-order valence-corrected chi connectivity index (χ1v) is 8.57.